The molecule has 19 heavy (non-hydrogen) atoms. The van der Waals surface area contributed by atoms with Gasteiger partial charge in [-0.2, -0.15) is 11.8 Å². The number of hydrogen-bond donors (Lipinski definition) is 1. The third-order valence-electron chi connectivity index (χ3n) is 2.76. The van der Waals surface area contributed by atoms with Crippen LogP contribution < -0.4 is 10.5 Å². The Morgan fingerprint density at radius 3 is 2.79 bits per heavy atom. The Labute approximate surface area is 126 Å². The fourth-order valence-corrected chi connectivity index (χ4v) is 2.85. The van der Waals surface area contributed by atoms with E-state index in [4.69, 9.17) is 22.1 Å². The maximum Gasteiger partial charge on any atom is 0.137 e. The van der Waals surface area contributed by atoms with Gasteiger partial charge >= 0.3 is 0 Å². The summed E-state index contributed by atoms with van der Waals surface area (Å²) in [5.41, 5.74) is 6.71. The second-order valence-corrected chi connectivity index (χ2v) is 6.03. The average Bonchev–Trinajstić information content (AvgIpc) is 2.42. The predicted octanol–water partition coefficient (Wildman–Crippen LogP) is 4.49. The normalized spacial score (nSPS) is 10.7. The number of halogens is 1. The van der Waals surface area contributed by atoms with E-state index in [9.17, 15) is 0 Å². The maximum absolute atomic E-state index is 6.23. The minimum Gasteiger partial charge on any atom is -0.492 e. The molecule has 0 fully saturated rings. The number of nitrogens with two attached hydrogens (primary N) is 1. The summed E-state index contributed by atoms with van der Waals surface area (Å²) in [6, 6.07) is 6.08. The molecule has 0 atom stereocenters. The summed E-state index contributed by atoms with van der Waals surface area (Å²) in [5.74, 6) is 2.88. The molecule has 0 aliphatic heterocycles. The first-order valence-electron chi connectivity index (χ1n) is 6.97. The highest BCUT2D eigenvalue weighted by atomic mass is 35.5. The van der Waals surface area contributed by atoms with Crippen LogP contribution in [0.2, 0.25) is 5.02 Å². The van der Waals surface area contributed by atoms with Gasteiger partial charge in [0, 0.05) is 5.75 Å². The van der Waals surface area contributed by atoms with Crippen LogP contribution in [-0.4, -0.2) is 18.9 Å². The van der Waals surface area contributed by atoms with Gasteiger partial charge in [0.15, 0.2) is 0 Å². The third-order valence-corrected chi connectivity index (χ3v) is 4.17. The molecular formula is C15H24ClNOS. The highest BCUT2D eigenvalue weighted by molar-refractivity contribution is 7.98. The third kappa shape index (κ3) is 7.09. The molecule has 2 N–H and O–H groups in total. The van der Waals surface area contributed by atoms with E-state index in [-0.39, 0.29) is 0 Å². The second kappa shape index (κ2) is 10.4. The van der Waals surface area contributed by atoms with E-state index in [1.807, 2.05) is 23.9 Å². The van der Waals surface area contributed by atoms with Gasteiger partial charge in [-0.1, -0.05) is 37.4 Å². The maximum atomic E-state index is 6.23. The van der Waals surface area contributed by atoms with Crippen LogP contribution in [0.25, 0.3) is 0 Å². The molecule has 0 saturated carbocycles. The summed E-state index contributed by atoms with van der Waals surface area (Å²) in [6.45, 7) is 3.69. The van der Waals surface area contributed by atoms with Crippen molar-refractivity contribution < 1.29 is 4.74 Å². The summed E-state index contributed by atoms with van der Waals surface area (Å²) >= 11 is 8.12. The molecule has 4 heteroatoms. The van der Waals surface area contributed by atoms with E-state index in [1.165, 1.54) is 18.4 Å². The molecule has 0 unspecified atom stereocenters. The largest absolute Gasteiger partial charge is 0.492 e. The number of benzene rings is 1. The molecule has 1 aromatic rings. The smallest absolute Gasteiger partial charge is 0.137 e. The van der Waals surface area contributed by atoms with Gasteiger partial charge in [-0.3, -0.25) is 0 Å². The van der Waals surface area contributed by atoms with E-state index in [1.54, 1.807) is 0 Å². The van der Waals surface area contributed by atoms with E-state index >= 15 is 0 Å². The van der Waals surface area contributed by atoms with Crippen LogP contribution in [0.3, 0.4) is 0 Å². The number of hydrogen-bond acceptors (Lipinski definition) is 3. The number of thioether (sulfide) groups is 1. The molecule has 0 saturated heterocycles. The van der Waals surface area contributed by atoms with Gasteiger partial charge in [-0.25, -0.2) is 0 Å². The molecule has 0 amide bonds. The van der Waals surface area contributed by atoms with Crippen LogP contribution in [0, 0.1) is 0 Å². The van der Waals surface area contributed by atoms with Gasteiger partial charge in [-0.05, 0) is 42.8 Å². The number of unbranched alkanes of at least 4 members (excludes halogenated alkanes) is 2. The Morgan fingerprint density at radius 2 is 2.11 bits per heavy atom. The van der Waals surface area contributed by atoms with Crippen molar-refractivity contribution in [2.45, 2.75) is 38.4 Å². The zero-order chi connectivity index (χ0) is 13.9. The minimum atomic E-state index is 0.716. The van der Waals surface area contributed by atoms with Crippen molar-refractivity contribution in [3.8, 4) is 5.75 Å². The van der Waals surface area contributed by atoms with Crippen molar-refractivity contribution in [1.29, 1.82) is 0 Å². The van der Waals surface area contributed by atoms with Crippen LogP contribution in [0.5, 0.6) is 5.75 Å². The van der Waals surface area contributed by atoms with Crippen molar-refractivity contribution in [1.82, 2.24) is 0 Å². The van der Waals surface area contributed by atoms with Crippen LogP contribution >= 0.6 is 23.4 Å². The first-order chi connectivity index (χ1) is 9.27. The predicted molar refractivity (Wildman–Crippen MR) is 86.3 cm³/mol. The Kier molecular flexibility index (Phi) is 9.14. The fraction of sp³-hybridized carbons (Fsp3) is 0.600. The van der Waals surface area contributed by atoms with E-state index < -0.39 is 0 Å². The zero-order valence-electron chi connectivity index (χ0n) is 11.7. The van der Waals surface area contributed by atoms with Gasteiger partial charge < -0.3 is 10.5 Å². The minimum absolute atomic E-state index is 0.716. The molecular weight excluding hydrogens is 278 g/mol. The first-order valence-corrected chi connectivity index (χ1v) is 8.50. The van der Waals surface area contributed by atoms with E-state index in [0.29, 0.717) is 5.02 Å². The molecule has 0 aliphatic carbocycles. The highest BCUT2D eigenvalue weighted by Gasteiger charge is 2.03. The molecule has 1 aromatic carbocycles. The molecule has 0 aliphatic rings. The Balaban J connectivity index is 2.36. The molecule has 0 radical (unpaired) electrons. The van der Waals surface area contributed by atoms with Gasteiger partial charge in [0.1, 0.15) is 5.75 Å². The molecule has 0 spiro atoms. The van der Waals surface area contributed by atoms with Crippen molar-refractivity contribution in [2.24, 2.45) is 5.73 Å². The second-order valence-electron chi connectivity index (χ2n) is 4.52. The van der Waals surface area contributed by atoms with Crippen LogP contribution in [0.4, 0.5) is 0 Å². The summed E-state index contributed by atoms with van der Waals surface area (Å²) < 4.78 is 5.68. The highest BCUT2D eigenvalue weighted by Crippen LogP contribution is 2.27. The number of rotatable bonds is 10. The summed E-state index contributed by atoms with van der Waals surface area (Å²) in [5, 5.41) is 0.716. The van der Waals surface area contributed by atoms with Crippen molar-refractivity contribution in [2.75, 3.05) is 18.9 Å². The quantitative estimate of drug-likeness (QED) is 0.647. The Bertz CT molecular complexity index is 360. The van der Waals surface area contributed by atoms with Gasteiger partial charge in [0.05, 0.1) is 11.6 Å². The van der Waals surface area contributed by atoms with Crippen LogP contribution in [-0.2, 0) is 5.75 Å². The number of ether oxygens (including phenoxy) is 1. The zero-order valence-corrected chi connectivity index (χ0v) is 13.2. The lowest BCUT2D eigenvalue weighted by Gasteiger charge is -2.09. The molecule has 108 valence electrons. The lowest BCUT2D eigenvalue weighted by molar-refractivity contribution is 0.306. The molecule has 1 rings (SSSR count). The van der Waals surface area contributed by atoms with E-state index in [0.717, 1.165) is 43.2 Å². The van der Waals surface area contributed by atoms with Gasteiger partial charge in [0.2, 0.25) is 0 Å². The molecule has 0 aromatic heterocycles. The molecule has 2 nitrogen and oxygen atoms in total. The topological polar surface area (TPSA) is 35.2 Å². The van der Waals surface area contributed by atoms with Gasteiger partial charge in [0.25, 0.3) is 0 Å². The van der Waals surface area contributed by atoms with Crippen molar-refractivity contribution in [3.63, 3.8) is 0 Å². The summed E-state index contributed by atoms with van der Waals surface area (Å²) in [6.07, 6.45) is 4.56. The van der Waals surface area contributed by atoms with Crippen LogP contribution in [0.15, 0.2) is 18.2 Å². The fourth-order valence-electron chi connectivity index (χ4n) is 1.66. The Morgan fingerprint density at radius 1 is 1.26 bits per heavy atom. The summed E-state index contributed by atoms with van der Waals surface area (Å²) in [7, 11) is 0. The molecule has 0 bridgehead atoms. The Hall–Kier alpha value is -0.380. The standard InChI is InChI=1S/C15H24ClNOS/c1-2-3-4-9-18-15-7-6-13(11-14(15)16)12-19-10-5-8-17/h6-7,11H,2-5,8-10,12,17H2,1H3. The SMILES string of the molecule is CCCCCOc1ccc(CSCCCN)cc1Cl. The molecule has 0 heterocycles. The van der Waals surface area contributed by atoms with E-state index in [2.05, 4.69) is 13.0 Å². The lowest BCUT2D eigenvalue weighted by atomic mass is 10.2. The lowest BCUT2D eigenvalue weighted by Crippen LogP contribution is -1.99. The van der Waals surface area contributed by atoms with Crippen LogP contribution in [0.1, 0.15) is 38.2 Å². The monoisotopic (exact) mass is 301 g/mol. The average molecular weight is 302 g/mol. The first kappa shape index (κ1) is 16.7. The van der Waals surface area contributed by atoms with Gasteiger partial charge in [-0.15, -0.1) is 0 Å². The van der Waals surface area contributed by atoms with Crippen molar-refractivity contribution >= 4 is 23.4 Å². The summed E-state index contributed by atoms with van der Waals surface area (Å²) in [4.78, 5) is 0. The van der Waals surface area contributed by atoms with Crippen molar-refractivity contribution in [3.05, 3.63) is 28.8 Å².